The van der Waals surface area contributed by atoms with Crippen LogP contribution >= 0.6 is 11.6 Å². The zero-order chi connectivity index (χ0) is 26.4. The van der Waals surface area contributed by atoms with E-state index in [9.17, 15) is 14.9 Å². The maximum Gasteiger partial charge on any atom is 0.511 e. The van der Waals surface area contributed by atoms with E-state index in [1.54, 1.807) is 68.8 Å². The van der Waals surface area contributed by atoms with Crippen LogP contribution in [0, 0.1) is 10.1 Å². The van der Waals surface area contributed by atoms with Crippen molar-refractivity contribution >= 4 is 40.3 Å². The second-order valence-electron chi connectivity index (χ2n) is 8.00. The zero-order valence-electron chi connectivity index (χ0n) is 19.8. The lowest BCUT2D eigenvalue weighted by molar-refractivity contribution is -0.384. The lowest BCUT2D eigenvalue weighted by Crippen LogP contribution is -2.19. The van der Waals surface area contributed by atoms with E-state index in [4.69, 9.17) is 25.8 Å². The van der Waals surface area contributed by atoms with Crippen molar-refractivity contribution in [3.63, 3.8) is 0 Å². The van der Waals surface area contributed by atoms with Gasteiger partial charge in [0.25, 0.3) is 5.69 Å². The summed E-state index contributed by atoms with van der Waals surface area (Å²) in [7, 11) is 0. The number of nitro groups is 1. The number of nitrogens with one attached hydrogen (secondary N) is 1. The van der Waals surface area contributed by atoms with Gasteiger partial charge in [0.1, 0.15) is 5.52 Å². The summed E-state index contributed by atoms with van der Waals surface area (Å²) in [5.74, 6) is 0.579. The normalized spacial score (nSPS) is 11.7. The van der Waals surface area contributed by atoms with Gasteiger partial charge in [-0.3, -0.25) is 15.1 Å². The number of rotatable bonds is 9. The van der Waals surface area contributed by atoms with E-state index >= 15 is 0 Å². The van der Waals surface area contributed by atoms with Crippen molar-refractivity contribution in [1.82, 2.24) is 15.0 Å². The summed E-state index contributed by atoms with van der Waals surface area (Å²) in [6.45, 7) is 2.94. The van der Waals surface area contributed by atoms with E-state index in [1.807, 2.05) is 0 Å². The molecule has 0 aliphatic heterocycles. The average molecular weight is 524 g/mol. The quantitative estimate of drug-likeness (QED) is 0.126. The molecule has 1 N–H and O–H groups in total. The maximum absolute atomic E-state index is 11.9. The number of carbonyl (C=O) groups is 1. The Bertz CT molecular complexity index is 1400. The molecule has 2 aromatic heterocycles. The minimum atomic E-state index is -0.884. The number of hydrogen-bond acceptors (Lipinski definition) is 10. The highest BCUT2D eigenvalue weighted by atomic mass is 35.5. The number of nitrogens with zero attached hydrogens (tertiary/aromatic N) is 4. The molecule has 4 aromatic rings. The number of nitro benzene ring substituents is 1. The molecule has 0 amide bonds. The number of pyridine rings is 1. The van der Waals surface area contributed by atoms with Crippen LogP contribution in [0.25, 0.3) is 10.9 Å². The van der Waals surface area contributed by atoms with Gasteiger partial charge in [-0.25, -0.2) is 14.8 Å². The second kappa shape index (κ2) is 11.5. The summed E-state index contributed by atoms with van der Waals surface area (Å²) in [6, 6.07) is 12.2. The van der Waals surface area contributed by atoms with Gasteiger partial charge in [0.15, 0.2) is 5.75 Å². The highest BCUT2D eigenvalue weighted by Gasteiger charge is 2.25. The van der Waals surface area contributed by atoms with Gasteiger partial charge in [-0.05, 0) is 55.8 Å². The molecule has 0 aliphatic carbocycles. The van der Waals surface area contributed by atoms with E-state index in [2.05, 4.69) is 20.3 Å². The largest absolute Gasteiger partial charge is 0.511 e. The van der Waals surface area contributed by atoms with E-state index in [1.165, 1.54) is 12.1 Å². The first-order valence-electron chi connectivity index (χ1n) is 11.1. The fourth-order valence-corrected chi connectivity index (χ4v) is 3.83. The van der Waals surface area contributed by atoms with Gasteiger partial charge in [-0.15, -0.1) is 0 Å². The molecular weight excluding hydrogens is 502 g/mol. The van der Waals surface area contributed by atoms with Gasteiger partial charge in [0, 0.05) is 41.7 Å². The minimum Gasteiger partial charge on any atom is -0.455 e. The van der Waals surface area contributed by atoms with Crippen LogP contribution in [-0.2, 0) is 9.47 Å². The number of carbonyl (C=O) groups excluding carboxylic acids is 1. The molecule has 12 heteroatoms. The Hall–Kier alpha value is -4.51. The number of aromatic nitrogens is 3. The highest BCUT2D eigenvalue weighted by molar-refractivity contribution is 6.35. The monoisotopic (exact) mass is 523 g/mol. The number of halogens is 1. The molecule has 0 saturated carbocycles. The molecule has 0 aliphatic rings. The first kappa shape index (κ1) is 25.6. The van der Waals surface area contributed by atoms with Crippen LogP contribution in [0.1, 0.15) is 31.0 Å². The van der Waals surface area contributed by atoms with E-state index in [0.29, 0.717) is 33.0 Å². The third-order valence-corrected chi connectivity index (χ3v) is 5.44. The number of anilines is 1. The average Bonchev–Trinajstić information content (AvgIpc) is 2.89. The first-order valence-corrected chi connectivity index (χ1v) is 11.5. The Morgan fingerprint density at radius 3 is 2.46 bits per heavy atom. The maximum atomic E-state index is 11.9. The first-order chi connectivity index (χ1) is 17.8. The fourth-order valence-electron chi connectivity index (χ4n) is 3.56. The van der Waals surface area contributed by atoms with Crippen LogP contribution in [0.3, 0.4) is 0 Å². The number of fused-ring (bicyclic) bond motifs is 1. The van der Waals surface area contributed by atoms with Gasteiger partial charge in [0.05, 0.1) is 22.1 Å². The molecule has 1 atom stereocenters. The van der Waals surface area contributed by atoms with Gasteiger partial charge < -0.3 is 19.5 Å². The molecule has 2 heterocycles. The van der Waals surface area contributed by atoms with Crippen LogP contribution in [0.5, 0.6) is 5.75 Å². The predicted molar refractivity (Wildman–Crippen MR) is 136 cm³/mol. The molecule has 4 rings (SSSR count). The van der Waals surface area contributed by atoms with Gasteiger partial charge in [-0.1, -0.05) is 11.6 Å². The molecule has 11 nitrogen and oxygen atoms in total. The van der Waals surface area contributed by atoms with Crippen molar-refractivity contribution in [2.45, 2.75) is 26.0 Å². The fraction of sp³-hybridized carbons (Fsp3) is 0.200. The van der Waals surface area contributed by atoms with Crippen molar-refractivity contribution < 1.29 is 23.9 Å². The van der Waals surface area contributed by atoms with E-state index < -0.39 is 23.9 Å². The summed E-state index contributed by atoms with van der Waals surface area (Å²) in [6.07, 6.45) is 3.48. The predicted octanol–water partition coefficient (Wildman–Crippen LogP) is 5.69. The smallest absolute Gasteiger partial charge is 0.455 e. The Morgan fingerprint density at radius 2 is 1.78 bits per heavy atom. The number of ether oxygens (including phenoxy) is 3. The van der Waals surface area contributed by atoms with Crippen LogP contribution in [0.4, 0.5) is 16.4 Å². The molecule has 2 aromatic carbocycles. The van der Waals surface area contributed by atoms with Crippen molar-refractivity contribution in [3.8, 4) is 5.75 Å². The zero-order valence-corrected chi connectivity index (χ0v) is 20.6. The topological polar surface area (TPSA) is 139 Å². The molecule has 190 valence electrons. The third-order valence-electron chi connectivity index (χ3n) is 5.12. The van der Waals surface area contributed by atoms with E-state index in [0.717, 1.165) is 0 Å². The van der Waals surface area contributed by atoms with Crippen molar-refractivity contribution in [3.05, 3.63) is 93.4 Å². The summed E-state index contributed by atoms with van der Waals surface area (Å²) in [5, 5.41) is 15.4. The Labute approximate surface area is 216 Å². The molecule has 0 fully saturated rings. The van der Waals surface area contributed by atoms with Crippen molar-refractivity contribution in [1.29, 1.82) is 0 Å². The Kier molecular flexibility index (Phi) is 7.94. The van der Waals surface area contributed by atoms with Crippen molar-refractivity contribution in [2.75, 3.05) is 12.1 Å². The van der Waals surface area contributed by atoms with Crippen LogP contribution in [-0.4, -0.2) is 38.9 Å². The number of hydrogen-bond donors (Lipinski definition) is 1. The molecule has 0 saturated heterocycles. The number of benzene rings is 2. The molecular formula is C25H22ClN5O6. The molecule has 1 unspecified atom stereocenters. The van der Waals surface area contributed by atoms with Gasteiger partial charge in [0.2, 0.25) is 12.7 Å². The lowest BCUT2D eigenvalue weighted by atomic mass is 9.96. The number of non-ortho nitro benzene ring substituents is 1. The minimum absolute atomic E-state index is 0.0646. The van der Waals surface area contributed by atoms with Crippen LogP contribution in [0.15, 0.2) is 67.1 Å². The Morgan fingerprint density at radius 1 is 1.08 bits per heavy atom. The molecule has 0 radical (unpaired) electrons. The summed E-state index contributed by atoms with van der Waals surface area (Å²) >= 11 is 6.63. The summed E-state index contributed by atoms with van der Waals surface area (Å²) < 4.78 is 16.0. The molecule has 0 spiro atoms. The van der Waals surface area contributed by atoms with E-state index in [-0.39, 0.29) is 17.5 Å². The van der Waals surface area contributed by atoms with Crippen LogP contribution < -0.4 is 10.1 Å². The van der Waals surface area contributed by atoms with Gasteiger partial charge >= 0.3 is 6.16 Å². The molecule has 0 bridgehead atoms. The van der Waals surface area contributed by atoms with Crippen molar-refractivity contribution in [2.24, 2.45) is 0 Å². The SMILES string of the molecule is CC(C)OC(=O)OCOc1c(C(Nc2ncccn2)c2ccc([N+](=O)[O-])cc2)cc(Cl)c2cccnc12. The Balaban J connectivity index is 1.80. The standard InChI is InChI=1S/C25H22ClN5O6/c1-15(2)37-25(32)36-14-35-23-19(13-20(26)18-5-3-10-27-22(18)23)21(30-24-28-11-4-12-29-24)16-6-8-17(9-7-16)31(33)34/h3-13,15,21H,14H2,1-2H3,(H,28,29,30). The highest BCUT2D eigenvalue weighted by Crippen LogP contribution is 2.40. The second-order valence-corrected chi connectivity index (χ2v) is 8.41. The lowest BCUT2D eigenvalue weighted by Gasteiger charge is -2.23. The van der Waals surface area contributed by atoms with Gasteiger partial charge in [-0.2, -0.15) is 0 Å². The summed E-state index contributed by atoms with van der Waals surface area (Å²) in [4.78, 5) is 35.5. The molecule has 37 heavy (non-hydrogen) atoms. The van der Waals surface area contributed by atoms with Crippen LogP contribution in [0.2, 0.25) is 5.02 Å². The third kappa shape index (κ3) is 6.19. The summed E-state index contributed by atoms with van der Waals surface area (Å²) in [5.41, 5.74) is 1.51.